The number of ether oxygens (including phenoxy) is 2. The highest BCUT2D eigenvalue weighted by molar-refractivity contribution is 6.24. The zero-order valence-electron chi connectivity index (χ0n) is 32.9. The Morgan fingerprint density at radius 2 is 1.70 bits per heavy atom. The number of halogens is 3. The molecular weight excluding hydrogens is 784 g/mol. The van der Waals surface area contributed by atoms with Crippen molar-refractivity contribution in [2.24, 2.45) is 11.3 Å². The molecule has 9 rings (SSSR count). The van der Waals surface area contributed by atoms with Crippen molar-refractivity contribution in [1.29, 1.82) is 0 Å². The number of likely N-dealkylation sites (tertiary alicyclic amines) is 1. The van der Waals surface area contributed by atoms with E-state index >= 15 is 0 Å². The number of hydrogen-bond donors (Lipinski definition) is 2. The van der Waals surface area contributed by atoms with Crippen LogP contribution in [0, 0.1) is 11.3 Å². The number of aromatic nitrogens is 3. The van der Waals surface area contributed by atoms with Gasteiger partial charge in [-0.05, 0) is 113 Å². The highest BCUT2D eigenvalue weighted by atomic mass is 19.4. The lowest BCUT2D eigenvalue weighted by atomic mass is 9.61. The largest absolute Gasteiger partial charge is 0.494 e. The Kier molecular flexibility index (Phi) is 10.1. The molecule has 2 saturated carbocycles. The molecule has 1 unspecified atom stereocenters. The average molecular weight is 828 g/mol. The monoisotopic (exact) mass is 827 g/mol. The molecule has 5 heterocycles. The standard InChI is InChI=1S/C43H44F3N7O7/c1-59-34-19-30-25(18-31(34)48-38(55)29-5-3-7-35(47-29)43(44,45)46)23-52(50-30)26-10-8-24(9-11-26)22-51-16-14-42(15-17-51)20-27(21-42)60-33-6-2-4-28-37(33)41(58)53(40(28)57)32-12-13-36(54)49-39(32)56/h2-7,18-19,23-24,26-27,32H,8-17,20-22H2,1H3,(H,48,55)(H,49,54,56)/t24-,26-,32?. The Bertz CT molecular complexity index is 2390. The van der Waals surface area contributed by atoms with E-state index in [1.807, 2.05) is 10.9 Å². The Labute approximate surface area is 342 Å². The number of methoxy groups -OCH3 is 1. The van der Waals surface area contributed by atoms with Crippen LogP contribution in [0.5, 0.6) is 11.5 Å². The smallest absolute Gasteiger partial charge is 0.433 e. The van der Waals surface area contributed by atoms with Gasteiger partial charge in [0.1, 0.15) is 28.9 Å². The van der Waals surface area contributed by atoms with Gasteiger partial charge in [0.15, 0.2) is 0 Å². The highest BCUT2D eigenvalue weighted by Gasteiger charge is 2.49. The number of fused-ring (bicyclic) bond motifs is 2. The molecule has 14 nitrogen and oxygen atoms in total. The predicted molar refractivity (Wildman–Crippen MR) is 209 cm³/mol. The second-order valence-corrected chi connectivity index (χ2v) is 16.8. The number of imide groups is 2. The SMILES string of the molecule is COc1cc2nn([C@H]3CC[C@H](CN4CCC5(CC4)CC(Oc4cccc6c4C(=O)N(C4CCC(=O)NC4=O)C6=O)C5)CC3)cc2cc1NC(=O)c1cccc(C(F)(F)F)n1. The van der Waals surface area contributed by atoms with E-state index in [1.165, 1.54) is 13.2 Å². The van der Waals surface area contributed by atoms with Crippen LogP contribution in [0.4, 0.5) is 18.9 Å². The number of nitrogens with zero attached hydrogens (tertiary/aromatic N) is 5. The van der Waals surface area contributed by atoms with Gasteiger partial charge < -0.3 is 19.7 Å². The summed E-state index contributed by atoms with van der Waals surface area (Å²) in [6.07, 6.45) is 5.32. The normalized spacial score (nSPS) is 23.4. The third-order valence-electron chi connectivity index (χ3n) is 13.0. The van der Waals surface area contributed by atoms with Gasteiger partial charge in [-0.3, -0.25) is 38.9 Å². The first-order chi connectivity index (χ1) is 28.8. The molecule has 2 saturated heterocycles. The van der Waals surface area contributed by atoms with Gasteiger partial charge in [0.2, 0.25) is 11.8 Å². The Morgan fingerprint density at radius 3 is 2.42 bits per heavy atom. The molecule has 1 atom stereocenters. The summed E-state index contributed by atoms with van der Waals surface area (Å²) in [6, 6.07) is 10.8. The third kappa shape index (κ3) is 7.47. The molecule has 0 bridgehead atoms. The number of rotatable bonds is 9. The van der Waals surface area contributed by atoms with E-state index in [2.05, 4.69) is 20.5 Å². The molecular formula is C43H44F3N7O7. The minimum Gasteiger partial charge on any atom is -0.494 e. The highest BCUT2D eigenvalue weighted by Crippen LogP contribution is 2.51. The molecule has 4 fully saturated rings. The van der Waals surface area contributed by atoms with Gasteiger partial charge >= 0.3 is 6.18 Å². The van der Waals surface area contributed by atoms with Gasteiger partial charge in [0.05, 0.1) is 41.6 Å². The van der Waals surface area contributed by atoms with Crippen LogP contribution in [-0.2, 0) is 15.8 Å². The molecule has 2 aliphatic carbocycles. The Balaban J connectivity index is 0.750. The van der Waals surface area contributed by atoms with Crippen LogP contribution >= 0.6 is 0 Å². The number of alkyl halides is 3. The summed E-state index contributed by atoms with van der Waals surface area (Å²) in [4.78, 5) is 70.8. The molecule has 5 amide bonds. The van der Waals surface area contributed by atoms with Crippen LogP contribution in [0.1, 0.15) is 107 Å². The van der Waals surface area contributed by atoms with Crippen molar-refractivity contribution in [2.75, 3.05) is 32.1 Å². The molecule has 2 aromatic carbocycles. The van der Waals surface area contributed by atoms with Crippen molar-refractivity contribution in [2.45, 2.75) is 88.6 Å². The molecule has 17 heteroatoms. The topological polar surface area (TPSA) is 165 Å². The van der Waals surface area contributed by atoms with Gasteiger partial charge in [-0.15, -0.1) is 0 Å². The summed E-state index contributed by atoms with van der Waals surface area (Å²) in [5, 5.41) is 10.5. The molecule has 0 radical (unpaired) electrons. The van der Waals surface area contributed by atoms with Gasteiger partial charge in [-0.25, -0.2) is 4.98 Å². The first-order valence-electron chi connectivity index (χ1n) is 20.4. The molecule has 3 aliphatic heterocycles. The zero-order valence-corrected chi connectivity index (χ0v) is 32.9. The van der Waals surface area contributed by atoms with Crippen LogP contribution in [0.25, 0.3) is 10.9 Å². The first kappa shape index (κ1) is 39.6. The number of piperidine rings is 2. The summed E-state index contributed by atoms with van der Waals surface area (Å²) in [5.74, 6) is -1.68. The molecule has 2 aromatic heterocycles. The number of benzene rings is 2. The Hall–Kier alpha value is -5.84. The van der Waals surface area contributed by atoms with Gasteiger partial charge in [-0.1, -0.05) is 12.1 Å². The number of hydrogen-bond acceptors (Lipinski definition) is 10. The molecule has 4 aromatic rings. The maximum absolute atomic E-state index is 13.5. The number of pyridine rings is 1. The molecule has 314 valence electrons. The molecule has 2 N–H and O–H groups in total. The van der Waals surface area contributed by atoms with Crippen molar-refractivity contribution in [3.63, 3.8) is 0 Å². The lowest BCUT2D eigenvalue weighted by molar-refractivity contribution is -0.141. The van der Waals surface area contributed by atoms with Gasteiger partial charge in [-0.2, -0.15) is 18.3 Å². The summed E-state index contributed by atoms with van der Waals surface area (Å²) < 4.78 is 53.4. The van der Waals surface area contributed by atoms with Crippen molar-refractivity contribution < 1.29 is 46.6 Å². The van der Waals surface area contributed by atoms with Crippen molar-refractivity contribution >= 4 is 46.1 Å². The molecule has 60 heavy (non-hydrogen) atoms. The molecule has 5 aliphatic rings. The maximum atomic E-state index is 13.5. The van der Waals surface area contributed by atoms with Gasteiger partial charge in [0, 0.05) is 30.6 Å². The number of anilines is 1. The quantitative estimate of drug-likeness (QED) is 0.187. The van der Waals surface area contributed by atoms with Crippen LogP contribution in [0.15, 0.2) is 54.7 Å². The second-order valence-electron chi connectivity index (χ2n) is 16.8. The summed E-state index contributed by atoms with van der Waals surface area (Å²) in [6.45, 7) is 3.06. The van der Waals surface area contributed by atoms with E-state index in [1.54, 1.807) is 30.3 Å². The predicted octanol–water partition coefficient (Wildman–Crippen LogP) is 6.17. The summed E-state index contributed by atoms with van der Waals surface area (Å²) >= 11 is 0. The molecule has 1 spiro atoms. The fourth-order valence-corrected chi connectivity index (χ4v) is 9.76. The fourth-order valence-electron chi connectivity index (χ4n) is 9.76. The van der Waals surface area contributed by atoms with Crippen LogP contribution in [-0.4, -0.2) is 93.0 Å². The summed E-state index contributed by atoms with van der Waals surface area (Å²) in [5.41, 5.74) is 0.0752. The lowest BCUT2D eigenvalue weighted by Crippen LogP contribution is -2.54. The fraction of sp³-hybridized carbons (Fsp3) is 0.465. The van der Waals surface area contributed by atoms with E-state index < -0.39 is 47.4 Å². The second kappa shape index (κ2) is 15.3. The first-order valence-corrected chi connectivity index (χ1v) is 20.4. The minimum absolute atomic E-state index is 0.0606. The van der Waals surface area contributed by atoms with Gasteiger partial charge in [0.25, 0.3) is 17.7 Å². The van der Waals surface area contributed by atoms with E-state index in [0.717, 1.165) is 93.4 Å². The van der Waals surface area contributed by atoms with Crippen molar-refractivity contribution in [3.8, 4) is 11.5 Å². The van der Waals surface area contributed by atoms with Crippen LogP contribution < -0.4 is 20.1 Å². The van der Waals surface area contributed by atoms with Crippen LogP contribution in [0.2, 0.25) is 0 Å². The number of carbonyl (C=O) groups is 5. The maximum Gasteiger partial charge on any atom is 0.433 e. The van der Waals surface area contributed by atoms with E-state index in [9.17, 15) is 37.1 Å². The van der Waals surface area contributed by atoms with Crippen molar-refractivity contribution in [1.82, 2.24) is 29.9 Å². The van der Waals surface area contributed by atoms with Crippen molar-refractivity contribution in [3.05, 3.63) is 77.2 Å². The van der Waals surface area contributed by atoms with E-state index in [0.29, 0.717) is 28.6 Å². The lowest BCUT2D eigenvalue weighted by Gasteiger charge is -2.52. The third-order valence-corrected chi connectivity index (χ3v) is 13.0. The van der Waals surface area contributed by atoms with Crippen LogP contribution in [0.3, 0.4) is 0 Å². The number of carbonyl (C=O) groups excluding carboxylic acids is 5. The minimum atomic E-state index is -4.67. The number of amides is 5. The van der Waals surface area contributed by atoms with E-state index in [4.69, 9.17) is 14.6 Å². The zero-order chi connectivity index (χ0) is 41.9. The number of nitrogens with one attached hydrogen (secondary N) is 2. The van der Waals surface area contributed by atoms with E-state index in [-0.39, 0.29) is 47.2 Å². The Morgan fingerprint density at radius 1 is 0.950 bits per heavy atom. The average Bonchev–Trinajstić information content (AvgIpc) is 3.75. The summed E-state index contributed by atoms with van der Waals surface area (Å²) in [7, 11) is 1.45.